The van der Waals surface area contributed by atoms with Crippen LogP contribution in [0.5, 0.6) is 0 Å². The molecule has 2 rings (SSSR count). The largest absolute Gasteiger partial charge is 0.459 e. The van der Waals surface area contributed by atoms with E-state index in [0.29, 0.717) is 12.1 Å². The van der Waals surface area contributed by atoms with E-state index in [4.69, 9.17) is 9.47 Å². The van der Waals surface area contributed by atoms with Crippen LogP contribution in [0.25, 0.3) is 0 Å². The molecule has 2 N–H and O–H groups in total. The van der Waals surface area contributed by atoms with Crippen molar-refractivity contribution in [2.45, 2.75) is 64.9 Å². The predicted molar refractivity (Wildman–Crippen MR) is 99.8 cm³/mol. The van der Waals surface area contributed by atoms with Crippen molar-refractivity contribution >= 4 is 11.9 Å². The third-order valence-corrected chi connectivity index (χ3v) is 5.64. The Labute approximate surface area is 160 Å². The summed E-state index contributed by atoms with van der Waals surface area (Å²) in [6, 6.07) is -0.120. The fraction of sp³-hybridized carbons (Fsp3) is 0.700. The van der Waals surface area contributed by atoms with Gasteiger partial charge in [0, 0.05) is 18.7 Å². The van der Waals surface area contributed by atoms with Crippen LogP contribution in [0.1, 0.15) is 41.0 Å². The number of carbonyl (C=O) groups is 2. The maximum atomic E-state index is 12.4. The average molecular weight is 381 g/mol. The number of aliphatic hydroxyl groups is 2. The van der Waals surface area contributed by atoms with Gasteiger partial charge in [0.05, 0.1) is 12.1 Å². The lowest BCUT2D eigenvalue weighted by Gasteiger charge is -2.32. The zero-order chi connectivity index (χ0) is 20.4. The van der Waals surface area contributed by atoms with Crippen molar-refractivity contribution in [3.63, 3.8) is 0 Å². The second-order valence-corrected chi connectivity index (χ2v) is 7.66. The van der Waals surface area contributed by atoms with Crippen molar-refractivity contribution in [2.24, 2.45) is 5.92 Å². The average Bonchev–Trinajstić information content (AvgIpc) is 3.20. The number of hydrogen-bond acceptors (Lipinski definition) is 7. The minimum Gasteiger partial charge on any atom is -0.459 e. The van der Waals surface area contributed by atoms with E-state index in [-0.39, 0.29) is 24.7 Å². The molecule has 0 amide bonds. The summed E-state index contributed by atoms with van der Waals surface area (Å²) in [6.45, 7) is 9.68. The first-order valence-corrected chi connectivity index (χ1v) is 9.47. The number of fused-ring (bicyclic) bond motifs is 1. The summed E-state index contributed by atoms with van der Waals surface area (Å²) < 4.78 is 11.0. The number of rotatable bonds is 7. The molecule has 1 saturated heterocycles. The highest BCUT2D eigenvalue weighted by molar-refractivity contribution is 5.87. The highest BCUT2D eigenvalue weighted by Crippen LogP contribution is 2.32. The Morgan fingerprint density at radius 1 is 1.41 bits per heavy atom. The van der Waals surface area contributed by atoms with E-state index in [1.165, 1.54) is 6.92 Å². The van der Waals surface area contributed by atoms with Crippen LogP contribution >= 0.6 is 0 Å². The van der Waals surface area contributed by atoms with Gasteiger partial charge in [0.2, 0.25) is 0 Å². The molecule has 152 valence electrons. The fourth-order valence-corrected chi connectivity index (χ4v) is 3.63. The van der Waals surface area contributed by atoms with Crippen molar-refractivity contribution in [1.29, 1.82) is 0 Å². The summed E-state index contributed by atoms with van der Waals surface area (Å²) in [5, 5.41) is 20.4. The van der Waals surface area contributed by atoms with E-state index in [2.05, 4.69) is 4.90 Å². The summed E-state index contributed by atoms with van der Waals surface area (Å²) in [6.07, 6.45) is 2.87. The summed E-state index contributed by atoms with van der Waals surface area (Å²) >= 11 is 0. The second-order valence-electron chi connectivity index (χ2n) is 7.66. The van der Waals surface area contributed by atoms with Gasteiger partial charge in [0.1, 0.15) is 12.7 Å². The molecule has 27 heavy (non-hydrogen) atoms. The smallest absolute Gasteiger partial charge is 0.341 e. The number of hydrogen-bond donors (Lipinski definition) is 2. The molecular formula is C20H31NO6. The van der Waals surface area contributed by atoms with Crippen LogP contribution in [0.15, 0.2) is 23.3 Å². The van der Waals surface area contributed by atoms with Gasteiger partial charge in [-0.1, -0.05) is 26.0 Å². The molecule has 2 aliphatic rings. The molecule has 7 nitrogen and oxygen atoms in total. The third-order valence-electron chi connectivity index (χ3n) is 5.64. The van der Waals surface area contributed by atoms with Crippen LogP contribution in [-0.4, -0.2) is 70.6 Å². The van der Waals surface area contributed by atoms with Crippen LogP contribution in [0.2, 0.25) is 0 Å². The molecule has 0 aromatic carbocycles. The minimum absolute atomic E-state index is 0.00159. The Morgan fingerprint density at radius 3 is 2.63 bits per heavy atom. The van der Waals surface area contributed by atoms with Crippen molar-refractivity contribution in [2.75, 3.05) is 19.7 Å². The molecule has 2 heterocycles. The van der Waals surface area contributed by atoms with Crippen LogP contribution in [0.3, 0.4) is 0 Å². The number of ether oxygens (including phenoxy) is 2. The van der Waals surface area contributed by atoms with Crippen molar-refractivity contribution in [3.8, 4) is 0 Å². The van der Waals surface area contributed by atoms with E-state index in [1.807, 2.05) is 6.08 Å². The zero-order valence-corrected chi connectivity index (χ0v) is 16.8. The third kappa shape index (κ3) is 4.25. The summed E-state index contributed by atoms with van der Waals surface area (Å²) in [5.41, 5.74) is -0.542. The van der Waals surface area contributed by atoms with Crippen molar-refractivity contribution in [3.05, 3.63) is 23.3 Å². The molecule has 0 aliphatic carbocycles. The van der Waals surface area contributed by atoms with Crippen molar-refractivity contribution < 1.29 is 29.3 Å². The Hall–Kier alpha value is -1.70. The quantitative estimate of drug-likeness (QED) is 0.388. The highest BCUT2D eigenvalue weighted by Gasteiger charge is 2.47. The molecular weight excluding hydrogens is 350 g/mol. The molecule has 0 aromatic rings. The van der Waals surface area contributed by atoms with Gasteiger partial charge in [-0.3, -0.25) is 4.90 Å². The Balaban J connectivity index is 2.03. The molecule has 1 fully saturated rings. The summed E-state index contributed by atoms with van der Waals surface area (Å²) in [5.74, 6) is -1.68. The zero-order valence-electron chi connectivity index (χ0n) is 16.8. The number of allylic oxidation sites excluding steroid dienone is 1. The fourth-order valence-electron chi connectivity index (χ4n) is 3.63. The van der Waals surface area contributed by atoms with Gasteiger partial charge in [-0.25, -0.2) is 9.59 Å². The highest BCUT2D eigenvalue weighted by atomic mass is 16.6. The number of nitrogens with zero attached hydrogens (tertiary/aromatic N) is 1. The Bertz CT molecular complexity index is 628. The lowest BCUT2D eigenvalue weighted by atomic mass is 9.85. The van der Waals surface area contributed by atoms with Crippen molar-refractivity contribution in [1.82, 2.24) is 4.90 Å². The van der Waals surface area contributed by atoms with E-state index >= 15 is 0 Å². The normalized spacial score (nSPS) is 26.4. The van der Waals surface area contributed by atoms with Gasteiger partial charge in [0.15, 0.2) is 5.60 Å². The maximum absolute atomic E-state index is 12.4. The predicted octanol–water partition coefficient (Wildman–Crippen LogP) is 1.19. The van der Waals surface area contributed by atoms with Gasteiger partial charge in [0.25, 0.3) is 0 Å². The van der Waals surface area contributed by atoms with Gasteiger partial charge >= 0.3 is 11.9 Å². The summed E-state index contributed by atoms with van der Waals surface area (Å²) in [4.78, 5) is 26.7. The number of esters is 2. The molecule has 7 heteroatoms. The molecule has 0 bridgehead atoms. The first-order valence-electron chi connectivity index (χ1n) is 9.47. The molecule has 0 radical (unpaired) electrons. The number of carbonyl (C=O) groups excluding carboxylic acids is 2. The first kappa shape index (κ1) is 21.6. The lowest BCUT2D eigenvalue weighted by Crippen LogP contribution is -2.53. The molecule has 0 aromatic heterocycles. The molecule has 2 aliphatic heterocycles. The maximum Gasteiger partial charge on any atom is 0.341 e. The Morgan fingerprint density at radius 2 is 2.07 bits per heavy atom. The van der Waals surface area contributed by atoms with Gasteiger partial charge in [-0.2, -0.15) is 0 Å². The van der Waals surface area contributed by atoms with E-state index in [0.717, 1.165) is 18.5 Å². The topological polar surface area (TPSA) is 96.3 Å². The van der Waals surface area contributed by atoms with Crippen LogP contribution in [0, 0.1) is 5.92 Å². The van der Waals surface area contributed by atoms with E-state index in [9.17, 15) is 19.8 Å². The van der Waals surface area contributed by atoms with Crippen LogP contribution in [-0.2, 0) is 19.1 Å². The van der Waals surface area contributed by atoms with Crippen LogP contribution in [0.4, 0.5) is 0 Å². The molecule has 0 unspecified atom stereocenters. The minimum atomic E-state index is -1.95. The SMILES string of the molecule is CC=C(C)C(=O)O[C@@H]1CCN2CC=C(COC(=O)[C@](O)(C(C)C)[C@@H](C)O)[C@H]12. The number of aliphatic hydroxyl groups excluding tert-OH is 1. The Kier molecular flexibility index (Phi) is 6.83. The standard InChI is InChI=1S/C20H31NO6/c1-6-13(4)18(23)27-16-8-10-21-9-7-15(17(16)21)11-26-19(24)20(25,12(2)3)14(5)22/h6-7,12,14,16-17,22,25H,8-11H2,1-5H3/t14-,16-,17-,20+/m1/s1. The van der Waals surface area contributed by atoms with E-state index < -0.39 is 23.6 Å². The van der Waals surface area contributed by atoms with Gasteiger partial charge in [-0.05, 0) is 38.7 Å². The van der Waals surface area contributed by atoms with E-state index in [1.54, 1.807) is 33.8 Å². The van der Waals surface area contributed by atoms with Crippen LogP contribution < -0.4 is 0 Å². The van der Waals surface area contributed by atoms with Gasteiger partial charge < -0.3 is 19.7 Å². The monoisotopic (exact) mass is 381 g/mol. The lowest BCUT2D eigenvalue weighted by molar-refractivity contribution is -0.183. The second kappa shape index (κ2) is 8.54. The first-order chi connectivity index (χ1) is 12.6. The van der Waals surface area contributed by atoms with Gasteiger partial charge in [-0.15, -0.1) is 0 Å². The molecule has 4 atom stereocenters. The molecule has 0 saturated carbocycles. The molecule has 0 spiro atoms. The summed E-state index contributed by atoms with van der Waals surface area (Å²) in [7, 11) is 0.